The minimum absolute atomic E-state index is 0.184. The smallest absolute Gasteiger partial charge is 0.120 e. The second-order valence-electron chi connectivity index (χ2n) is 4.65. The highest BCUT2D eigenvalue weighted by molar-refractivity contribution is 8.45. The van der Waals surface area contributed by atoms with Gasteiger partial charge in [0.05, 0.1) is 0 Å². The van der Waals surface area contributed by atoms with Gasteiger partial charge in [-0.2, -0.15) is 0 Å². The zero-order valence-electron chi connectivity index (χ0n) is 9.52. The highest BCUT2D eigenvalue weighted by Crippen LogP contribution is 3.02. The zero-order valence-corrected chi connectivity index (χ0v) is 11.1. The average Bonchev–Trinajstić information content (AvgIpc) is 1.97. The zero-order chi connectivity index (χ0) is 13.6. The van der Waals surface area contributed by atoms with Crippen molar-refractivity contribution in [1.29, 1.82) is 0 Å². The van der Waals surface area contributed by atoms with Gasteiger partial charge < -0.3 is 0 Å². The largest absolute Gasteiger partial charge is 0.310 e. The van der Waals surface area contributed by atoms with Gasteiger partial charge in [-0.3, -0.25) is 0 Å². The van der Waals surface area contributed by atoms with Crippen LogP contribution < -0.4 is 0 Å². The molecule has 100 valence electrons. The highest BCUT2D eigenvalue weighted by atomic mass is 32.5. The van der Waals surface area contributed by atoms with Crippen molar-refractivity contribution < 1.29 is 19.4 Å². The molecule has 0 aliphatic rings. The van der Waals surface area contributed by atoms with Gasteiger partial charge >= 0.3 is 10.2 Å². The number of hydrogen-bond donors (Lipinski definition) is 0. The predicted molar refractivity (Wildman–Crippen MR) is 63.4 cm³/mol. The van der Waals surface area contributed by atoms with Crippen molar-refractivity contribution in [3.8, 4) is 0 Å². The molecule has 0 heterocycles. The van der Waals surface area contributed by atoms with Crippen LogP contribution in [0.2, 0.25) is 0 Å². The van der Waals surface area contributed by atoms with E-state index in [1.165, 1.54) is 11.8 Å². The number of hydrogen-bond acceptors (Lipinski definition) is 1. The van der Waals surface area contributed by atoms with Gasteiger partial charge in [-0.25, -0.2) is 0 Å². The van der Waals surface area contributed by atoms with E-state index < -0.39 is 15.1 Å². The second-order valence-corrected chi connectivity index (χ2v) is 8.96. The summed E-state index contributed by atoms with van der Waals surface area (Å²) in [6.45, 7) is 5.65. The van der Waals surface area contributed by atoms with Crippen molar-refractivity contribution in [1.82, 2.24) is 0 Å². The van der Waals surface area contributed by atoms with E-state index in [2.05, 4.69) is 0 Å². The van der Waals surface area contributed by atoms with E-state index in [9.17, 15) is 19.4 Å². The summed E-state index contributed by atoms with van der Waals surface area (Å²) in [5.74, 6) is 0. The molecule has 0 aliphatic carbocycles. The van der Waals surface area contributed by atoms with Gasteiger partial charge in [0.2, 0.25) is 0 Å². The molecular weight excluding hydrogens is 279 g/mol. The minimum atomic E-state index is -9.53. The van der Waals surface area contributed by atoms with Gasteiger partial charge in [0.1, 0.15) is 4.90 Å². The molecule has 0 spiro atoms. The first-order chi connectivity index (χ1) is 7.17. The van der Waals surface area contributed by atoms with E-state index >= 15 is 0 Å². The van der Waals surface area contributed by atoms with Crippen LogP contribution in [-0.4, -0.2) is 4.75 Å². The van der Waals surface area contributed by atoms with Crippen LogP contribution in [0, 0.1) is 0 Å². The van der Waals surface area contributed by atoms with Crippen LogP contribution >= 0.6 is 22.0 Å². The molecule has 0 saturated heterocycles. The van der Waals surface area contributed by atoms with Crippen LogP contribution in [0.1, 0.15) is 20.8 Å². The third kappa shape index (κ3) is 4.75. The molecule has 1 rings (SSSR count). The summed E-state index contributed by atoms with van der Waals surface area (Å²) in [5.41, 5.74) is 0. The average molecular weight is 292 g/mol. The Hall–Kier alpha value is -0.430. The Balaban J connectivity index is 3.07. The molecular formula is C10H13F5S2. The van der Waals surface area contributed by atoms with Gasteiger partial charge in [0.15, 0.2) is 0 Å². The molecule has 0 N–H and O–H groups in total. The molecule has 0 atom stereocenters. The first-order valence-corrected chi connectivity index (χ1v) is 7.47. The van der Waals surface area contributed by atoms with Crippen LogP contribution in [0.5, 0.6) is 0 Å². The number of benzene rings is 1. The topological polar surface area (TPSA) is 0 Å². The SMILES string of the molecule is CC(C)(C)Sc1ccc(S(F)(F)(F)(F)F)cc1. The fourth-order valence-corrected chi connectivity index (χ4v) is 2.75. The fraction of sp³-hybridized carbons (Fsp3) is 0.400. The first kappa shape index (κ1) is 14.6. The lowest BCUT2D eigenvalue weighted by Crippen LogP contribution is -2.07. The summed E-state index contributed by atoms with van der Waals surface area (Å²) >= 11 is 1.32. The van der Waals surface area contributed by atoms with Gasteiger partial charge in [-0.15, -0.1) is 11.8 Å². The lowest BCUT2D eigenvalue weighted by atomic mass is 10.3. The number of halogens is 5. The van der Waals surface area contributed by atoms with E-state index in [1.807, 2.05) is 20.8 Å². The Morgan fingerprint density at radius 3 is 1.59 bits per heavy atom. The fourth-order valence-electron chi connectivity index (χ4n) is 1.12. The standard InChI is InChI=1S/C10H13F5S2/c1-10(2,3)16-8-4-6-9(7-5-8)17(11,12,13,14)15/h4-7H,1-3H3. The second kappa shape index (κ2) is 3.32. The van der Waals surface area contributed by atoms with Crippen molar-refractivity contribution in [3.63, 3.8) is 0 Å². The van der Waals surface area contributed by atoms with Crippen LogP contribution in [0.15, 0.2) is 34.1 Å². The van der Waals surface area contributed by atoms with Crippen molar-refractivity contribution in [2.45, 2.75) is 35.3 Å². The highest BCUT2D eigenvalue weighted by Gasteiger charge is 2.65. The number of rotatable bonds is 2. The van der Waals surface area contributed by atoms with Crippen molar-refractivity contribution in [2.75, 3.05) is 0 Å². The maximum absolute atomic E-state index is 12.4. The monoisotopic (exact) mass is 292 g/mol. The molecule has 0 amide bonds. The van der Waals surface area contributed by atoms with Gasteiger partial charge in [-0.05, 0) is 24.3 Å². The third-order valence-electron chi connectivity index (χ3n) is 1.69. The van der Waals surface area contributed by atoms with E-state index in [4.69, 9.17) is 0 Å². The van der Waals surface area contributed by atoms with Crippen molar-refractivity contribution in [3.05, 3.63) is 24.3 Å². The summed E-state index contributed by atoms with van der Waals surface area (Å²) in [6.07, 6.45) is 0. The van der Waals surface area contributed by atoms with Crippen LogP contribution in [0.25, 0.3) is 0 Å². The molecule has 0 radical (unpaired) electrons. The van der Waals surface area contributed by atoms with Crippen LogP contribution in [0.3, 0.4) is 0 Å². The summed E-state index contributed by atoms with van der Waals surface area (Å²) in [5, 5.41) is 0. The van der Waals surface area contributed by atoms with E-state index in [0.29, 0.717) is 17.0 Å². The summed E-state index contributed by atoms with van der Waals surface area (Å²) < 4.78 is 61.9. The molecule has 0 aliphatic heterocycles. The van der Waals surface area contributed by atoms with E-state index in [0.717, 1.165) is 12.1 Å². The molecule has 1 aromatic rings. The van der Waals surface area contributed by atoms with Gasteiger partial charge in [-0.1, -0.05) is 40.2 Å². The Morgan fingerprint density at radius 2 is 1.29 bits per heavy atom. The first-order valence-electron chi connectivity index (χ1n) is 4.71. The molecule has 1 aromatic carbocycles. The Bertz CT molecular complexity index is 412. The molecule has 0 aromatic heterocycles. The lowest BCUT2D eigenvalue weighted by molar-refractivity contribution is 0.364. The maximum atomic E-state index is 12.4. The molecule has 0 fully saturated rings. The van der Waals surface area contributed by atoms with Gasteiger partial charge in [0.25, 0.3) is 0 Å². The van der Waals surface area contributed by atoms with Crippen molar-refractivity contribution in [2.24, 2.45) is 0 Å². The molecule has 0 nitrogen and oxygen atoms in total. The quantitative estimate of drug-likeness (QED) is 0.459. The Kier molecular flexibility index (Phi) is 2.85. The number of thioether (sulfide) groups is 1. The van der Waals surface area contributed by atoms with E-state index in [1.54, 1.807) is 0 Å². The summed E-state index contributed by atoms with van der Waals surface area (Å²) in [7, 11) is -9.53. The summed E-state index contributed by atoms with van der Waals surface area (Å²) in [6, 6.07) is 3.03. The van der Waals surface area contributed by atoms with Gasteiger partial charge in [0, 0.05) is 9.64 Å². The molecule has 17 heavy (non-hydrogen) atoms. The third-order valence-corrected chi connectivity index (χ3v) is 3.98. The Morgan fingerprint density at radius 1 is 0.882 bits per heavy atom. The molecule has 7 heteroatoms. The summed E-state index contributed by atoms with van der Waals surface area (Å²) in [4.78, 5) is -1.31. The normalized spacial score (nSPS) is 17.4. The van der Waals surface area contributed by atoms with Crippen LogP contribution in [0.4, 0.5) is 19.4 Å². The maximum Gasteiger partial charge on any atom is 0.310 e. The van der Waals surface area contributed by atoms with Crippen LogP contribution in [-0.2, 0) is 0 Å². The minimum Gasteiger partial charge on any atom is -0.120 e. The Labute approximate surface area is 101 Å². The molecule has 0 saturated carbocycles. The van der Waals surface area contributed by atoms with E-state index in [-0.39, 0.29) is 4.75 Å². The predicted octanol–water partition coefficient (Wildman–Crippen LogP) is 6.23. The van der Waals surface area contributed by atoms with Crippen molar-refractivity contribution >= 4 is 22.0 Å². The lowest BCUT2D eigenvalue weighted by Gasteiger charge is -2.40. The molecule has 0 bridgehead atoms. The molecule has 0 unspecified atom stereocenters.